The Labute approximate surface area is 172 Å². The second kappa shape index (κ2) is 9.41. The van der Waals surface area contributed by atoms with Crippen LogP contribution in [-0.2, 0) is 14.8 Å². The van der Waals surface area contributed by atoms with E-state index in [0.29, 0.717) is 11.3 Å². The van der Waals surface area contributed by atoms with E-state index in [2.05, 4.69) is 10.0 Å². The number of aryl methyl sites for hydroxylation is 1. The van der Waals surface area contributed by atoms with Crippen molar-refractivity contribution in [3.63, 3.8) is 0 Å². The summed E-state index contributed by atoms with van der Waals surface area (Å²) in [6.45, 7) is 1.90. The molecule has 0 spiro atoms. The van der Waals surface area contributed by atoms with E-state index >= 15 is 0 Å². The molecule has 0 aromatic heterocycles. The minimum Gasteiger partial charge on any atom is -0.497 e. The first-order valence-corrected chi connectivity index (χ1v) is 11.4. The fourth-order valence-electron chi connectivity index (χ4n) is 3.58. The Bertz CT molecular complexity index is 918. The average molecular weight is 417 g/mol. The number of nitrogens with one attached hydrogen (secondary N) is 2. The van der Waals surface area contributed by atoms with Crippen LogP contribution in [0.5, 0.6) is 5.75 Å². The molecule has 0 heterocycles. The summed E-state index contributed by atoms with van der Waals surface area (Å²) in [6, 6.07) is 13.3. The van der Waals surface area contributed by atoms with Crippen molar-refractivity contribution in [1.82, 2.24) is 10.0 Å². The summed E-state index contributed by atoms with van der Waals surface area (Å²) in [5.74, 6) is 0.522. The van der Waals surface area contributed by atoms with E-state index in [0.717, 1.165) is 31.2 Å². The molecule has 0 aliphatic heterocycles. The number of rotatable bonds is 8. The van der Waals surface area contributed by atoms with Crippen LogP contribution in [0, 0.1) is 6.92 Å². The standard InChI is InChI=1S/C22H28N2O4S/c1-16-7-13-20(14-8-16)29(26,27)24-21(17-9-11-19(28-2)12-10-17)15-22(25)23-18-5-3-4-6-18/h7-14,18,21,24H,3-6,15H2,1-2H3,(H,23,25). The van der Waals surface area contributed by atoms with Crippen molar-refractivity contribution in [2.24, 2.45) is 0 Å². The van der Waals surface area contributed by atoms with Gasteiger partial charge in [0.25, 0.3) is 0 Å². The zero-order valence-corrected chi connectivity index (χ0v) is 17.7. The van der Waals surface area contributed by atoms with Gasteiger partial charge >= 0.3 is 0 Å². The molecule has 7 heteroatoms. The predicted octanol–water partition coefficient (Wildman–Crippen LogP) is 3.47. The zero-order chi connectivity index (χ0) is 20.9. The summed E-state index contributed by atoms with van der Waals surface area (Å²) in [4.78, 5) is 12.8. The van der Waals surface area contributed by atoms with Crippen LogP contribution in [0.2, 0.25) is 0 Å². The highest BCUT2D eigenvalue weighted by Crippen LogP contribution is 2.24. The summed E-state index contributed by atoms with van der Waals surface area (Å²) in [5.41, 5.74) is 1.69. The van der Waals surface area contributed by atoms with E-state index in [9.17, 15) is 13.2 Å². The molecular weight excluding hydrogens is 388 g/mol. The third-order valence-corrected chi connectivity index (χ3v) is 6.74. The van der Waals surface area contributed by atoms with Crippen molar-refractivity contribution >= 4 is 15.9 Å². The highest BCUT2D eigenvalue weighted by atomic mass is 32.2. The van der Waals surface area contributed by atoms with Crippen molar-refractivity contribution in [1.29, 1.82) is 0 Å². The molecule has 1 unspecified atom stereocenters. The lowest BCUT2D eigenvalue weighted by molar-refractivity contribution is -0.122. The molecule has 29 heavy (non-hydrogen) atoms. The molecule has 0 radical (unpaired) electrons. The molecule has 2 aromatic carbocycles. The average Bonchev–Trinajstić information content (AvgIpc) is 3.20. The van der Waals surface area contributed by atoms with Crippen LogP contribution in [0.15, 0.2) is 53.4 Å². The molecule has 1 aliphatic rings. The van der Waals surface area contributed by atoms with Crippen LogP contribution < -0.4 is 14.8 Å². The monoisotopic (exact) mass is 416 g/mol. The number of methoxy groups -OCH3 is 1. The van der Waals surface area contributed by atoms with Crippen LogP contribution in [0.1, 0.15) is 49.3 Å². The normalized spacial score (nSPS) is 15.8. The maximum atomic E-state index is 12.9. The highest BCUT2D eigenvalue weighted by Gasteiger charge is 2.25. The van der Waals surface area contributed by atoms with Gasteiger partial charge in [-0.3, -0.25) is 4.79 Å². The number of hydrogen-bond donors (Lipinski definition) is 2. The fraction of sp³-hybridized carbons (Fsp3) is 0.409. The largest absolute Gasteiger partial charge is 0.497 e. The van der Waals surface area contributed by atoms with Gasteiger partial charge in [-0.1, -0.05) is 42.7 Å². The molecule has 3 rings (SSSR count). The SMILES string of the molecule is COc1ccc(C(CC(=O)NC2CCCC2)NS(=O)(=O)c2ccc(C)cc2)cc1. The highest BCUT2D eigenvalue weighted by molar-refractivity contribution is 7.89. The summed E-state index contributed by atoms with van der Waals surface area (Å²) < 4.78 is 33.7. The van der Waals surface area contributed by atoms with Crippen molar-refractivity contribution in [2.75, 3.05) is 7.11 Å². The van der Waals surface area contributed by atoms with Gasteiger partial charge in [0.15, 0.2) is 0 Å². The van der Waals surface area contributed by atoms with Crippen molar-refractivity contribution < 1.29 is 17.9 Å². The molecule has 1 amide bonds. The minimum atomic E-state index is -3.77. The quantitative estimate of drug-likeness (QED) is 0.690. The zero-order valence-electron chi connectivity index (χ0n) is 16.9. The predicted molar refractivity (Wildman–Crippen MR) is 112 cm³/mol. The van der Waals surface area contributed by atoms with E-state index in [1.165, 1.54) is 0 Å². The Kier molecular flexibility index (Phi) is 6.92. The van der Waals surface area contributed by atoms with Gasteiger partial charge in [-0.15, -0.1) is 0 Å². The van der Waals surface area contributed by atoms with Crippen LogP contribution in [-0.4, -0.2) is 27.5 Å². The van der Waals surface area contributed by atoms with Gasteiger partial charge < -0.3 is 10.1 Å². The Hall–Kier alpha value is -2.38. The van der Waals surface area contributed by atoms with Crippen LogP contribution in [0.3, 0.4) is 0 Å². The van der Waals surface area contributed by atoms with E-state index in [-0.39, 0.29) is 23.3 Å². The molecule has 1 aliphatic carbocycles. The van der Waals surface area contributed by atoms with Gasteiger partial charge in [-0.25, -0.2) is 13.1 Å². The van der Waals surface area contributed by atoms with Crippen molar-refractivity contribution in [2.45, 2.75) is 56.0 Å². The van der Waals surface area contributed by atoms with Gasteiger partial charge in [-0.05, 0) is 49.6 Å². The number of sulfonamides is 1. The molecule has 2 aromatic rings. The van der Waals surface area contributed by atoms with Crippen molar-refractivity contribution in [3.05, 3.63) is 59.7 Å². The van der Waals surface area contributed by atoms with Gasteiger partial charge in [0.1, 0.15) is 5.75 Å². The van der Waals surface area contributed by atoms with Gasteiger partial charge in [0.05, 0.1) is 18.0 Å². The number of carbonyl (C=O) groups excluding carboxylic acids is 1. The number of carbonyl (C=O) groups is 1. The maximum absolute atomic E-state index is 12.9. The molecule has 156 valence electrons. The second-order valence-electron chi connectivity index (χ2n) is 7.51. The Balaban J connectivity index is 1.80. The summed E-state index contributed by atoms with van der Waals surface area (Å²) in [7, 11) is -2.20. The Morgan fingerprint density at radius 2 is 1.69 bits per heavy atom. The number of hydrogen-bond acceptors (Lipinski definition) is 4. The molecule has 2 N–H and O–H groups in total. The summed E-state index contributed by atoms with van der Waals surface area (Å²) in [6.07, 6.45) is 4.23. The summed E-state index contributed by atoms with van der Waals surface area (Å²) >= 11 is 0. The molecular formula is C22H28N2O4S. The molecule has 6 nitrogen and oxygen atoms in total. The number of amides is 1. The fourth-order valence-corrected chi connectivity index (χ4v) is 4.80. The molecule has 1 saturated carbocycles. The Morgan fingerprint density at radius 1 is 1.07 bits per heavy atom. The lowest BCUT2D eigenvalue weighted by atomic mass is 10.0. The van der Waals surface area contributed by atoms with Gasteiger partial charge in [0.2, 0.25) is 15.9 Å². The van der Waals surface area contributed by atoms with Crippen LogP contribution in [0.4, 0.5) is 0 Å². The topological polar surface area (TPSA) is 84.5 Å². The first kappa shape index (κ1) is 21.3. The van der Waals surface area contributed by atoms with E-state index in [1.54, 1.807) is 55.6 Å². The molecule has 0 bridgehead atoms. The molecule has 1 fully saturated rings. The minimum absolute atomic E-state index is 0.0356. The van der Waals surface area contributed by atoms with E-state index < -0.39 is 16.1 Å². The van der Waals surface area contributed by atoms with Gasteiger partial charge in [0, 0.05) is 12.5 Å². The second-order valence-corrected chi connectivity index (χ2v) is 9.23. The summed E-state index contributed by atoms with van der Waals surface area (Å²) in [5, 5.41) is 3.04. The van der Waals surface area contributed by atoms with Gasteiger partial charge in [-0.2, -0.15) is 0 Å². The third-order valence-electron chi connectivity index (χ3n) is 5.26. The van der Waals surface area contributed by atoms with E-state index in [4.69, 9.17) is 4.74 Å². The van der Waals surface area contributed by atoms with E-state index in [1.807, 2.05) is 6.92 Å². The number of ether oxygens (including phenoxy) is 1. The maximum Gasteiger partial charge on any atom is 0.241 e. The van der Waals surface area contributed by atoms with Crippen LogP contribution >= 0.6 is 0 Å². The third kappa shape index (κ3) is 5.81. The van der Waals surface area contributed by atoms with Crippen molar-refractivity contribution in [3.8, 4) is 5.75 Å². The molecule has 1 atom stereocenters. The number of benzene rings is 2. The first-order valence-electron chi connectivity index (χ1n) is 9.90. The molecule has 0 saturated heterocycles. The smallest absolute Gasteiger partial charge is 0.241 e. The first-order chi connectivity index (χ1) is 13.9. The lowest BCUT2D eigenvalue weighted by Gasteiger charge is -2.21. The lowest BCUT2D eigenvalue weighted by Crippen LogP contribution is -2.37. The Morgan fingerprint density at radius 3 is 2.28 bits per heavy atom. The van der Waals surface area contributed by atoms with Crippen LogP contribution in [0.25, 0.3) is 0 Å².